The van der Waals surface area contributed by atoms with Gasteiger partial charge in [-0.2, -0.15) is 0 Å². The van der Waals surface area contributed by atoms with E-state index in [1.165, 1.54) is 0 Å². The topological polar surface area (TPSA) is 78.5 Å². The van der Waals surface area contributed by atoms with E-state index in [4.69, 9.17) is 4.74 Å². The molecule has 4 rings (SSSR count). The minimum absolute atomic E-state index is 0.0389. The second-order valence-corrected chi connectivity index (χ2v) is 6.51. The number of hydrogen-bond donors (Lipinski definition) is 3. The molecule has 2 saturated heterocycles. The van der Waals surface area contributed by atoms with Crippen molar-refractivity contribution in [1.29, 1.82) is 0 Å². The molecule has 2 aromatic rings. The molecule has 1 aromatic carbocycles. The van der Waals surface area contributed by atoms with Crippen LogP contribution in [0.1, 0.15) is 11.6 Å². The maximum atomic E-state index is 12.7. The summed E-state index contributed by atoms with van der Waals surface area (Å²) in [6.07, 6.45) is 1.81. The van der Waals surface area contributed by atoms with Gasteiger partial charge in [-0.3, -0.25) is 10.2 Å². The fourth-order valence-electron chi connectivity index (χ4n) is 3.40. The van der Waals surface area contributed by atoms with Crippen molar-refractivity contribution in [3.63, 3.8) is 0 Å². The van der Waals surface area contributed by atoms with E-state index in [2.05, 4.69) is 26.1 Å². The molecule has 0 bridgehead atoms. The van der Waals surface area contributed by atoms with E-state index in [0.717, 1.165) is 37.6 Å². The van der Waals surface area contributed by atoms with Gasteiger partial charge in [0.15, 0.2) is 0 Å². The van der Waals surface area contributed by atoms with Gasteiger partial charge < -0.3 is 15.0 Å². The average molecular weight is 353 g/mol. The summed E-state index contributed by atoms with van der Waals surface area (Å²) in [4.78, 5) is 19.4. The molecular formula is C19H23N5O2. The monoisotopic (exact) mass is 353 g/mol. The van der Waals surface area contributed by atoms with Crippen LogP contribution in [-0.4, -0.2) is 43.7 Å². The smallest absolute Gasteiger partial charge is 0.231 e. The Morgan fingerprint density at radius 3 is 2.69 bits per heavy atom. The largest absolute Gasteiger partial charge is 0.378 e. The van der Waals surface area contributed by atoms with Crippen LogP contribution in [0.2, 0.25) is 0 Å². The SMILES string of the molecule is O=C(Nc1ccc(N2CCOCC2)cn1)C1CNNC1c1ccccc1. The predicted octanol–water partition coefficient (Wildman–Crippen LogP) is 1.32. The van der Waals surface area contributed by atoms with Gasteiger partial charge in [0.25, 0.3) is 0 Å². The van der Waals surface area contributed by atoms with Crippen molar-refractivity contribution < 1.29 is 9.53 Å². The Balaban J connectivity index is 1.41. The third-order valence-corrected chi connectivity index (χ3v) is 4.85. The van der Waals surface area contributed by atoms with Gasteiger partial charge in [-0.15, -0.1) is 0 Å². The van der Waals surface area contributed by atoms with Gasteiger partial charge in [-0.25, -0.2) is 10.4 Å². The number of hydrazine groups is 1. The van der Waals surface area contributed by atoms with Crippen molar-refractivity contribution in [2.45, 2.75) is 6.04 Å². The first kappa shape index (κ1) is 17.0. The molecule has 2 aliphatic heterocycles. The van der Waals surface area contributed by atoms with Gasteiger partial charge in [-0.05, 0) is 17.7 Å². The lowest BCUT2D eigenvalue weighted by molar-refractivity contribution is -0.119. The molecule has 2 fully saturated rings. The van der Waals surface area contributed by atoms with Crippen LogP contribution in [0.4, 0.5) is 11.5 Å². The van der Waals surface area contributed by atoms with Crippen LogP contribution in [-0.2, 0) is 9.53 Å². The van der Waals surface area contributed by atoms with Crippen molar-refractivity contribution in [2.75, 3.05) is 43.1 Å². The summed E-state index contributed by atoms with van der Waals surface area (Å²) < 4.78 is 5.37. The van der Waals surface area contributed by atoms with E-state index >= 15 is 0 Å². The van der Waals surface area contributed by atoms with Gasteiger partial charge in [0.05, 0.1) is 37.1 Å². The molecule has 3 heterocycles. The molecule has 136 valence electrons. The second-order valence-electron chi connectivity index (χ2n) is 6.51. The Morgan fingerprint density at radius 1 is 1.15 bits per heavy atom. The molecule has 0 aliphatic carbocycles. The average Bonchev–Trinajstić information content (AvgIpc) is 3.20. The van der Waals surface area contributed by atoms with Crippen LogP contribution < -0.4 is 21.1 Å². The fraction of sp³-hybridized carbons (Fsp3) is 0.368. The number of anilines is 2. The Hall–Kier alpha value is -2.48. The van der Waals surface area contributed by atoms with Crippen LogP contribution in [0.3, 0.4) is 0 Å². The van der Waals surface area contributed by atoms with E-state index in [0.29, 0.717) is 12.4 Å². The summed E-state index contributed by atoms with van der Waals surface area (Å²) in [7, 11) is 0. The molecule has 2 aliphatic rings. The number of carbonyl (C=O) groups is 1. The highest BCUT2D eigenvalue weighted by Crippen LogP contribution is 2.26. The number of nitrogens with one attached hydrogen (secondary N) is 3. The van der Waals surface area contributed by atoms with Crippen LogP contribution in [0.25, 0.3) is 0 Å². The number of nitrogens with zero attached hydrogens (tertiary/aromatic N) is 2. The molecule has 2 unspecified atom stereocenters. The van der Waals surface area contributed by atoms with E-state index in [1.54, 1.807) is 6.20 Å². The van der Waals surface area contributed by atoms with Gasteiger partial charge >= 0.3 is 0 Å². The number of ether oxygens (including phenoxy) is 1. The van der Waals surface area contributed by atoms with Crippen LogP contribution >= 0.6 is 0 Å². The highest BCUT2D eigenvalue weighted by molar-refractivity contribution is 5.92. The van der Waals surface area contributed by atoms with Gasteiger partial charge in [0.2, 0.25) is 5.91 Å². The Kier molecular flexibility index (Phi) is 5.10. The zero-order chi connectivity index (χ0) is 17.8. The summed E-state index contributed by atoms with van der Waals surface area (Å²) in [6, 6.07) is 13.8. The second kappa shape index (κ2) is 7.82. The van der Waals surface area contributed by atoms with Crippen molar-refractivity contribution in [1.82, 2.24) is 15.8 Å². The molecule has 0 radical (unpaired) electrons. The predicted molar refractivity (Wildman–Crippen MR) is 99.7 cm³/mol. The quantitative estimate of drug-likeness (QED) is 0.770. The van der Waals surface area contributed by atoms with Crippen molar-refractivity contribution in [3.05, 3.63) is 54.2 Å². The van der Waals surface area contributed by atoms with Crippen molar-refractivity contribution >= 4 is 17.4 Å². The summed E-state index contributed by atoms with van der Waals surface area (Å²) in [5, 5.41) is 2.94. The molecule has 1 aromatic heterocycles. The van der Waals surface area contributed by atoms with Crippen molar-refractivity contribution in [3.8, 4) is 0 Å². The lowest BCUT2D eigenvalue weighted by atomic mass is 9.94. The molecule has 0 saturated carbocycles. The highest BCUT2D eigenvalue weighted by Gasteiger charge is 2.34. The Labute approximate surface area is 152 Å². The van der Waals surface area contributed by atoms with Crippen LogP contribution in [0.5, 0.6) is 0 Å². The Morgan fingerprint density at radius 2 is 1.96 bits per heavy atom. The first-order valence-electron chi connectivity index (χ1n) is 8.94. The molecule has 2 atom stereocenters. The summed E-state index contributed by atoms with van der Waals surface area (Å²) in [6.45, 7) is 3.79. The molecule has 0 spiro atoms. The van der Waals surface area contributed by atoms with Crippen LogP contribution in [0, 0.1) is 5.92 Å². The maximum Gasteiger partial charge on any atom is 0.231 e. The third-order valence-electron chi connectivity index (χ3n) is 4.85. The van der Waals surface area contributed by atoms with E-state index in [1.807, 2.05) is 42.5 Å². The first-order chi connectivity index (χ1) is 12.8. The fourth-order valence-corrected chi connectivity index (χ4v) is 3.40. The number of carbonyl (C=O) groups excluding carboxylic acids is 1. The molecular weight excluding hydrogens is 330 g/mol. The maximum absolute atomic E-state index is 12.7. The first-order valence-corrected chi connectivity index (χ1v) is 8.94. The number of hydrogen-bond acceptors (Lipinski definition) is 6. The number of pyridine rings is 1. The number of benzene rings is 1. The van der Waals surface area contributed by atoms with E-state index in [9.17, 15) is 4.79 Å². The number of amides is 1. The summed E-state index contributed by atoms with van der Waals surface area (Å²) >= 11 is 0. The van der Waals surface area contributed by atoms with Gasteiger partial charge in [-0.1, -0.05) is 30.3 Å². The van der Waals surface area contributed by atoms with Crippen LogP contribution in [0.15, 0.2) is 48.7 Å². The lowest BCUT2D eigenvalue weighted by Crippen LogP contribution is -2.36. The summed E-state index contributed by atoms with van der Waals surface area (Å²) in [5.41, 5.74) is 8.43. The normalized spacial score (nSPS) is 23.0. The summed E-state index contributed by atoms with van der Waals surface area (Å²) in [5.74, 6) is 0.340. The highest BCUT2D eigenvalue weighted by atomic mass is 16.5. The molecule has 1 amide bonds. The molecule has 26 heavy (non-hydrogen) atoms. The molecule has 7 nitrogen and oxygen atoms in total. The van der Waals surface area contributed by atoms with E-state index < -0.39 is 0 Å². The van der Waals surface area contributed by atoms with E-state index in [-0.39, 0.29) is 17.9 Å². The minimum atomic E-state index is -0.196. The third kappa shape index (κ3) is 3.70. The molecule has 7 heteroatoms. The molecule has 3 N–H and O–H groups in total. The van der Waals surface area contributed by atoms with Gasteiger partial charge in [0.1, 0.15) is 5.82 Å². The van der Waals surface area contributed by atoms with Gasteiger partial charge in [0, 0.05) is 19.6 Å². The van der Waals surface area contributed by atoms with Crippen molar-refractivity contribution in [2.24, 2.45) is 5.92 Å². The zero-order valence-electron chi connectivity index (χ0n) is 14.5. The number of morpholine rings is 1. The zero-order valence-corrected chi connectivity index (χ0v) is 14.5. The number of rotatable bonds is 4. The lowest BCUT2D eigenvalue weighted by Gasteiger charge is -2.28. The number of aromatic nitrogens is 1. The minimum Gasteiger partial charge on any atom is -0.378 e. The standard InChI is InChI=1S/C19H23N5O2/c25-19(16-13-21-23-18(16)14-4-2-1-3-5-14)22-17-7-6-15(12-20-17)24-8-10-26-11-9-24/h1-7,12,16,18,21,23H,8-11,13H2,(H,20,22,25). The Bertz CT molecular complexity index is 731.